The molecule has 0 aromatic carbocycles. The number of halogens is 1. The van der Waals surface area contributed by atoms with E-state index in [1.807, 2.05) is 20.2 Å². The highest BCUT2D eigenvalue weighted by Gasteiger charge is 2.13. The van der Waals surface area contributed by atoms with Gasteiger partial charge in [0.05, 0.1) is 18.4 Å². The molecular weight excluding hydrogens is 228 g/mol. The minimum Gasteiger partial charge on any atom is -0.480 e. The summed E-state index contributed by atoms with van der Waals surface area (Å²) in [6.45, 7) is 1.92. The maximum absolute atomic E-state index is 5.70. The third-order valence-corrected chi connectivity index (χ3v) is 2.40. The minimum absolute atomic E-state index is 0.169. The first-order chi connectivity index (χ1) is 7.61. The fraction of sp³-hybridized carbons (Fsp3) is 0.300. The number of hydrogen-bond acceptors (Lipinski definition) is 4. The van der Waals surface area contributed by atoms with Crippen LogP contribution in [-0.4, -0.2) is 26.9 Å². The Morgan fingerprint density at radius 1 is 1.38 bits per heavy atom. The molecule has 0 radical (unpaired) electrons. The fourth-order valence-electron chi connectivity index (χ4n) is 1.55. The van der Waals surface area contributed by atoms with Crippen molar-refractivity contribution in [3.63, 3.8) is 0 Å². The number of nitrogens with zero attached hydrogens (tertiary/aromatic N) is 4. The third-order valence-electron chi connectivity index (χ3n) is 2.22. The molecule has 84 valence electrons. The number of hydrogen-bond donors (Lipinski definition) is 0. The van der Waals surface area contributed by atoms with Crippen molar-refractivity contribution >= 4 is 11.6 Å². The highest BCUT2D eigenvalue weighted by atomic mass is 35.5. The summed E-state index contributed by atoms with van der Waals surface area (Å²) in [4.78, 5) is 7.97. The van der Waals surface area contributed by atoms with E-state index in [1.165, 1.54) is 0 Å². The molecule has 0 N–H and O–H groups in total. The van der Waals surface area contributed by atoms with Crippen LogP contribution >= 0.6 is 11.6 Å². The molecule has 5 nitrogen and oxygen atoms in total. The van der Waals surface area contributed by atoms with E-state index >= 15 is 0 Å². The minimum atomic E-state index is 0.169. The third kappa shape index (κ3) is 1.86. The molecule has 0 spiro atoms. The van der Waals surface area contributed by atoms with Crippen molar-refractivity contribution in [1.29, 1.82) is 0 Å². The Balaban J connectivity index is 2.59. The highest BCUT2D eigenvalue weighted by Crippen LogP contribution is 2.29. The summed E-state index contributed by atoms with van der Waals surface area (Å²) in [5, 5.41) is 4.43. The topological polar surface area (TPSA) is 52.8 Å². The molecule has 2 aromatic heterocycles. The molecule has 2 rings (SSSR count). The molecule has 0 amide bonds. The Labute approximate surface area is 98.0 Å². The van der Waals surface area contributed by atoms with Crippen molar-refractivity contribution in [1.82, 2.24) is 19.7 Å². The summed E-state index contributed by atoms with van der Waals surface area (Å²) in [6.07, 6.45) is 3.53. The van der Waals surface area contributed by atoms with Gasteiger partial charge in [-0.05, 0) is 18.5 Å². The average molecular weight is 239 g/mol. The summed E-state index contributed by atoms with van der Waals surface area (Å²) in [6, 6.07) is 0. The summed E-state index contributed by atoms with van der Waals surface area (Å²) in [5.41, 5.74) is 2.63. The van der Waals surface area contributed by atoms with Crippen LogP contribution in [-0.2, 0) is 7.05 Å². The molecule has 0 saturated carbocycles. The number of rotatable bonds is 2. The predicted octanol–water partition coefficient (Wildman–Crippen LogP) is 1.85. The molecule has 2 heterocycles. The van der Waals surface area contributed by atoms with Crippen LogP contribution in [0.25, 0.3) is 11.1 Å². The smallest absolute Gasteiger partial charge is 0.225 e. The zero-order chi connectivity index (χ0) is 11.7. The second-order valence-corrected chi connectivity index (χ2v) is 3.70. The van der Waals surface area contributed by atoms with Gasteiger partial charge in [-0.15, -0.1) is 0 Å². The second kappa shape index (κ2) is 4.09. The zero-order valence-electron chi connectivity index (χ0n) is 9.23. The summed E-state index contributed by atoms with van der Waals surface area (Å²) >= 11 is 5.70. The molecule has 6 heteroatoms. The van der Waals surface area contributed by atoms with E-state index < -0.39 is 0 Å². The van der Waals surface area contributed by atoms with Crippen molar-refractivity contribution in [3.8, 4) is 17.0 Å². The molecule has 0 bridgehead atoms. The van der Waals surface area contributed by atoms with Gasteiger partial charge in [-0.3, -0.25) is 4.68 Å². The van der Waals surface area contributed by atoms with Gasteiger partial charge in [0, 0.05) is 25.0 Å². The normalized spacial score (nSPS) is 10.5. The van der Waals surface area contributed by atoms with Gasteiger partial charge >= 0.3 is 0 Å². The van der Waals surface area contributed by atoms with Gasteiger partial charge in [-0.1, -0.05) is 0 Å². The van der Waals surface area contributed by atoms with Crippen LogP contribution in [0.1, 0.15) is 5.69 Å². The molecule has 0 aliphatic heterocycles. The maximum Gasteiger partial charge on any atom is 0.225 e. The van der Waals surface area contributed by atoms with Gasteiger partial charge in [0.25, 0.3) is 0 Å². The van der Waals surface area contributed by atoms with Crippen molar-refractivity contribution < 1.29 is 4.74 Å². The summed E-state index contributed by atoms with van der Waals surface area (Å²) in [7, 11) is 3.41. The largest absolute Gasteiger partial charge is 0.480 e. The Bertz CT molecular complexity index is 524. The Morgan fingerprint density at radius 3 is 2.69 bits per heavy atom. The molecule has 0 atom stereocenters. The molecule has 0 saturated heterocycles. The van der Waals surface area contributed by atoms with Gasteiger partial charge in [-0.2, -0.15) is 10.1 Å². The van der Waals surface area contributed by atoms with Crippen LogP contribution in [0.5, 0.6) is 5.88 Å². The van der Waals surface area contributed by atoms with Gasteiger partial charge in [-0.25, -0.2) is 4.98 Å². The monoisotopic (exact) mass is 238 g/mol. The molecule has 0 unspecified atom stereocenters. The first-order valence-corrected chi connectivity index (χ1v) is 5.06. The van der Waals surface area contributed by atoms with Crippen LogP contribution in [0, 0.1) is 6.92 Å². The average Bonchev–Trinajstić information content (AvgIpc) is 2.57. The van der Waals surface area contributed by atoms with Crippen LogP contribution in [0.4, 0.5) is 0 Å². The molecular formula is C10H11ClN4O. The van der Waals surface area contributed by atoms with Crippen LogP contribution in [0.3, 0.4) is 0 Å². The van der Waals surface area contributed by atoms with E-state index in [9.17, 15) is 0 Å². The lowest BCUT2D eigenvalue weighted by atomic mass is 10.1. The quantitative estimate of drug-likeness (QED) is 0.750. The first kappa shape index (κ1) is 10.9. The lowest BCUT2D eigenvalue weighted by molar-refractivity contribution is 0.398. The van der Waals surface area contributed by atoms with Crippen molar-refractivity contribution in [3.05, 3.63) is 23.4 Å². The van der Waals surface area contributed by atoms with E-state index in [4.69, 9.17) is 16.3 Å². The standard InChI is InChI=1S/C10H11ClN4O/c1-6-8(5-15(2)14-6)7-4-12-10(11)13-9(7)16-3/h4-5H,1-3H3. The first-order valence-electron chi connectivity index (χ1n) is 4.69. The summed E-state index contributed by atoms with van der Waals surface area (Å²) < 4.78 is 6.91. The molecule has 0 aliphatic carbocycles. The Kier molecular flexibility index (Phi) is 2.78. The van der Waals surface area contributed by atoms with Crippen LogP contribution in [0.15, 0.2) is 12.4 Å². The molecule has 0 fully saturated rings. The fourth-order valence-corrected chi connectivity index (χ4v) is 1.68. The number of ether oxygens (including phenoxy) is 1. The molecule has 0 aliphatic rings. The number of aryl methyl sites for hydroxylation is 2. The van der Waals surface area contributed by atoms with Gasteiger partial charge in [0.1, 0.15) is 0 Å². The van der Waals surface area contributed by atoms with Crippen LogP contribution < -0.4 is 4.74 Å². The lowest BCUT2D eigenvalue weighted by Crippen LogP contribution is -1.94. The van der Waals surface area contributed by atoms with E-state index in [2.05, 4.69) is 15.1 Å². The number of methoxy groups -OCH3 is 1. The maximum atomic E-state index is 5.70. The van der Waals surface area contributed by atoms with E-state index in [0.29, 0.717) is 5.88 Å². The molecule has 2 aromatic rings. The Hall–Kier alpha value is -1.62. The van der Waals surface area contributed by atoms with Crippen molar-refractivity contribution in [2.24, 2.45) is 7.05 Å². The highest BCUT2D eigenvalue weighted by molar-refractivity contribution is 6.28. The van der Waals surface area contributed by atoms with Gasteiger partial charge < -0.3 is 4.74 Å². The SMILES string of the molecule is COc1nc(Cl)ncc1-c1cn(C)nc1C. The van der Waals surface area contributed by atoms with Gasteiger partial charge in [0.2, 0.25) is 11.2 Å². The predicted molar refractivity (Wildman–Crippen MR) is 60.5 cm³/mol. The van der Waals surface area contributed by atoms with Gasteiger partial charge in [0.15, 0.2) is 0 Å². The van der Waals surface area contributed by atoms with E-state index in [-0.39, 0.29) is 5.28 Å². The Morgan fingerprint density at radius 2 is 2.12 bits per heavy atom. The summed E-state index contributed by atoms with van der Waals surface area (Å²) in [5.74, 6) is 0.455. The van der Waals surface area contributed by atoms with E-state index in [0.717, 1.165) is 16.8 Å². The van der Waals surface area contributed by atoms with E-state index in [1.54, 1.807) is 18.0 Å². The van der Waals surface area contributed by atoms with Crippen molar-refractivity contribution in [2.75, 3.05) is 7.11 Å². The number of aromatic nitrogens is 4. The molecule has 16 heavy (non-hydrogen) atoms. The zero-order valence-corrected chi connectivity index (χ0v) is 9.99. The lowest BCUT2D eigenvalue weighted by Gasteiger charge is -2.05. The second-order valence-electron chi connectivity index (χ2n) is 3.36. The van der Waals surface area contributed by atoms with Crippen LogP contribution in [0.2, 0.25) is 5.28 Å². The van der Waals surface area contributed by atoms with Crippen molar-refractivity contribution in [2.45, 2.75) is 6.92 Å².